The Morgan fingerprint density at radius 2 is 1.57 bits per heavy atom. The Kier molecular flexibility index (Phi) is 8.12. The molecule has 1 aromatic carbocycles. The molecule has 1 saturated carbocycles. The van der Waals surface area contributed by atoms with Crippen LogP contribution in [0.15, 0.2) is 30.3 Å². The molecule has 2 N–H and O–H groups in total. The molecule has 3 heterocycles. The summed E-state index contributed by atoms with van der Waals surface area (Å²) in [6.45, 7) is 9.46. The first-order valence-corrected chi connectivity index (χ1v) is 14.5. The average Bonchev–Trinajstić information content (AvgIpc) is 3.43. The number of halogens is 1. The van der Waals surface area contributed by atoms with Crippen LogP contribution in [0, 0.1) is 17.7 Å². The van der Waals surface area contributed by atoms with E-state index in [1.807, 2.05) is 12.1 Å². The second-order valence-corrected chi connectivity index (χ2v) is 12.0. The molecule has 0 unspecified atom stereocenters. The molecular formula is C29H41FN6S. The van der Waals surface area contributed by atoms with E-state index in [0.29, 0.717) is 29.4 Å². The first-order valence-electron chi connectivity index (χ1n) is 14.1. The van der Waals surface area contributed by atoms with Crippen molar-refractivity contribution in [2.45, 2.75) is 70.6 Å². The highest BCUT2D eigenvalue weighted by Gasteiger charge is 2.34. The molecule has 2 saturated heterocycles. The predicted molar refractivity (Wildman–Crippen MR) is 154 cm³/mol. The fraction of sp³-hybridized carbons (Fsp3) is 0.621. The maximum absolute atomic E-state index is 13.6. The molecule has 1 aromatic heterocycles. The Morgan fingerprint density at radius 1 is 0.946 bits per heavy atom. The lowest BCUT2D eigenvalue weighted by Gasteiger charge is -2.38. The topological polar surface area (TPSA) is 56.3 Å². The molecule has 0 radical (unpaired) electrons. The first-order chi connectivity index (χ1) is 17.9. The zero-order valence-electron chi connectivity index (χ0n) is 22.3. The van der Waals surface area contributed by atoms with Gasteiger partial charge in [-0.25, -0.2) is 4.39 Å². The quantitative estimate of drug-likeness (QED) is 0.457. The van der Waals surface area contributed by atoms with E-state index in [1.165, 1.54) is 44.1 Å². The van der Waals surface area contributed by atoms with Gasteiger partial charge in [0.15, 0.2) is 5.11 Å². The van der Waals surface area contributed by atoms with E-state index in [1.54, 1.807) is 12.1 Å². The summed E-state index contributed by atoms with van der Waals surface area (Å²) in [6.07, 6.45) is 9.41. The number of piperidine rings is 1. The van der Waals surface area contributed by atoms with Crippen LogP contribution in [0.25, 0.3) is 0 Å². The molecule has 6 nitrogen and oxygen atoms in total. The van der Waals surface area contributed by atoms with Crippen molar-refractivity contribution in [3.8, 4) is 0 Å². The highest BCUT2D eigenvalue weighted by atomic mass is 32.1. The maximum Gasteiger partial charge on any atom is 0.232 e. The zero-order valence-corrected chi connectivity index (χ0v) is 23.1. The van der Waals surface area contributed by atoms with Crippen LogP contribution >= 0.6 is 12.2 Å². The summed E-state index contributed by atoms with van der Waals surface area (Å²) in [5, 5.41) is 7.32. The van der Waals surface area contributed by atoms with Gasteiger partial charge < -0.3 is 20.4 Å². The lowest BCUT2D eigenvalue weighted by molar-refractivity contribution is 0.292. The van der Waals surface area contributed by atoms with Crippen LogP contribution in [0.1, 0.15) is 70.8 Å². The van der Waals surface area contributed by atoms with Crippen molar-refractivity contribution in [2.24, 2.45) is 11.8 Å². The molecule has 2 atom stereocenters. The van der Waals surface area contributed by atoms with E-state index in [9.17, 15) is 4.39 Å². The minimum Gasteiger partial charge on any atom is -0.361 e. The molecule has 37 heavy (non-hydrogen) atoms. The van der Waals surface area contributed by atoms with Crippen molar-refractivity contribution < 1.29 is 4.39 Å². The van der Waals surface area contributed by atoms with E-state index in [2.05, 4.69) is 40.3 Å². The smallest absolute Gasteiger partial charge is 0.232 e. The van der Waals surface area contributed by atoms with Crippen LogP contribution in [0.5, 0.6) is 0 Å². The van der Waals surface area contributed by atoms with E-state index in [0.717, 1.165) is 50.7 Å². The normalized spacial score (nSPS) is 23.6. The summed E-state index contributed by atoms with van der Waals surface area (Å²) >= 11 is 5.75. The Balaban J connectivity index is 1.32. The van der Waals surface area contributed by atoms with Gasteiger partial charge >= 0.3 is 0 Å². The van der Waals surface area contributed by atoms with Gasteiger partial charge in [0.1, 0.15) is 17.5 Å². The van der Waals surface area contributed by atoms with E-state index >= 15 is 0 Å². The predicted octanol–water partition coefficient (Wildman–Crippen LogP) is 5.89. The largest absolute Gasteiger partial charge is 0.361 e. The molecule has 200 valence electrons. The van der Waals surface area contributed by atoms with Crippen molar-refractivity contribution in [3.63, 3.8) is 0 Å². The summed E-state index contributed by atoms with van der Waals surface area (Å²) in [5.74, 6) is 3.62. The zero-order chi connectivity index (χ0) is 25.8. The summed E-state index contributed by atoms with van der Waals surface area (Å²) in [5.41, 5.74) is 1.15. The second-order valence-electron chi connectivity index (χ2n) is 11.6. The highest BCUT2D eigenvalue weighted by molar-refractivity contribution is 7.80. The third-order valence-corrected chi connectivity index (χ3v) is 8.65. The van der Waals surface area contributed by atoms with Crippen molar-refractivity contribution in [1.82, 2.24) is 15.3 Å². The number of hydrogen-bond acceptors (Lipinski definition) is 5. The minimum atomic E-state index is -0.191. The van der Waals surface area contributed by atoms with Gasteiger partial charge in [0, 0.05) is 44.2 Å². The monoisotopic (exact) mass is 524 g/mol. The van der Waals surface area contributed by atoms with Gasteiger partial charge in [-0.1, -0.05) is 45.2 Å². The van der Waals surface area contributed by atoms with Gasteiger partial charge in [-0.15, -0.1) is 0 Å². The Bertz CT molecular complexity index is 1050. The van der Waals surface area contributed by atoms with Gasteiger partial charge in [-0.3, -0.25) is 0 Å². The molecule has 8 heteroatoms. The fourth-order valence-corrected chi connectivity index (χ4v) is 6.76. The Labute approximate surface area is 226 Å². The van der Waals surface area contributed by atoms with Crippen LogP contribution in [-0.4, -0.2) is 47.8 Å². The average molecular weight is 525 g/mol. The molecule has 3 aliphatic rings. The van der Waals surface area contributed by atoms with Crippen molar-refractivity contribution in [1.29, 1.82) is 0 Å². The van der Waals surface area contributed by atoms with Crippen molar-refractivity contribution >= 4 is 34.9 Å². The lowest BCUT2D eigenvalue weighted by Crippen LogP contribution is -2.44. The summed E-state index contributed by atoms with van der Waals surface area (Å²) < 4.78 is 13.6. The van der Waals surface area contributed by atoms with Crippen LogP contribution in [0.4, 0.5) is 22.0 Å². The number of nitrogens with one attached hydrogen (secondary N) is 2. The van der Waals surface area contributed by atoms with Gasteiger partial charge in [-0.05, 0) is 73.9 Å². The van der Waals surface area contributed by atoms with Crippen molar-refractivity contribution in [2.75, 3.05) is 47.8 Å². The van der Waals surface area contributed by atoms with Gasteiger partial charge in [0.05, 0.1) is 0 Å². The first kappa shape index (κ1) is 26.1. The van der Waals surface area contributed by atoms with Gasteiger partial charge in [0.25, 0.3) is 0 Å². The number of thiocarbonyl (C=S) groups is 1. The molecule has 0 spiro atoms. The highest BCUT2D eigenvalue weighted by Crippen LogP contribution is 2.39. The van der Waals surface area contributed by atoms with Crippen molar-refractivity contribution in [3.05, 3.63) is 41.7 Å². The van der Waals surface area contributed by atoms with Crippen LogP contribution in [0.2, 0.25) is 0 Å². The lowest BCUT2D eigenvalue weighted by atomic mass is 9.69. The number of anilines is 3. The molecule has 2 aromatic rings. The van der Waals surface area contributed by atoms with Crippen LogP contribution in [0.3, 0.4) is 0 Å². The number of nitrogens with zero attached hydrogens (tertiary/aromatic N) is 4. The molecule has 5 rings (SSSR count). The fourth-order valence-electron chi connectivity index (χ4n) is 6.59. The van der Waals surface area contributed by atoms with E-state index in [4.69, 9.17) is 22.2 Å². The van der Waals surface area contributed by atoms with E-state index < -0.39 is 0 Å². The number of aromatic nitrogens is 2. The maximum atomic E-state index is 13.6. The molecule has 0 amide bonds. The van der Waals surface area contributed by atoms with Crippen LogP contribution < -0.4 is 20.4 Å². The van der Waals surface area contributed by atoms with Crippen LogP contribution in [-0.2, 0) is 5.41 Å². The standard InChI is InChI=1S/C29H41FN6S/c1-21-16-22(2)19-36(18-21)26-17-25(35-14-6-7-15-35)32-27(33-26)34-28(37)31-20-29(12-4-3-5-13-29)23-8-10-24(30)11-9-23/h8-11,17,21-22H,3-7,12-16,18-20H2,1-2H3,(H2,31,32,33,34,37)/t21-,22-/m0/s1. The van der Waals surface area contributed by atoms with Gasteiger partial charge in [-0.2, -0.15) is 9.97 Å². The third-order valence-electron chi connectivity index (χ3n) is 8.40. The molecule has 3 fully saturated rings. The SMILES string of the molecule is C[C@H]1C[C@H](C)CN(c2cc(N3CCCC3)nc(NC(=S)NCC3(c4ccc(F)cc4)CCCCC3)n2)C1. The molecule has 2 aliphatic heterocycles. The minimum absolute atomic E-state index is 0.0405. The summed E-state index contributed by atoms with van der Waals surface area (Å²) in [6, 6.07) is 9.18. The Morgan fingerprint density at radius 3 is 2.22 bits per heavy atom. The molecular weight excluding hydrogens is 483 g/mol. The van der Waals surface area contributed by atoms with E-state index in [-0.39, 0.29) is 11.2 Å². The molecule has 1 aliphatic carbocycles. The molecule has 0 bridgehead atoms. The number of benzene rings is 1. The summed E-state index contributed by atoms with van der Waals surface area (Å²) in [4.78, 5) is 14.6. The Hall–Kier alpha value is -2.48. The summed E-state index contributed by atoms with van der Waals surface area (Å²) in [7, 11) is 0. The number of rotatable bonds is 6. The third kappa shape index (κ3) is 6.33. The second kappa shape index (κ2) is 11.5. The number of hydrogen-bond donors (Lipinski definition) is 2. The van der Waals surface area contributed by atoms with Gasteiger partial charge in [0.2, 0.25) is 5.95 Å².